The first-order valence-corrected chi connectivity index (χ1v) is 14.3. The topological polar surface area (TPSA) is 86.8 Å². The van der Waals surface area contributed by atoms with Gasteiger partial charge in [-0.2, -0.15) is 0 Å². The van der Waals surface area contributed by atoms with Crippen LogP contribution in [0.1, 0.15) is 48.0 Å². The van der Waals surface area contributed by atoms with Crippen molar-refractivity contribution in [1.82, 2.24) is 15.2 Å². The lowest BCUT2D eigenvalue weighted by Crippen LogP contribution is -2.50. The fourth-order valence-corrected chi connectivity index (χ4v) is 6.34. The Balaban J connectivity index is 0.00000370. The Morgan fingerprint density at radius 2 is 1.68 bits per heavy atom. The normalized spacial score (nSPS) is 16.2. The molecule has 11 heteroatoms. The average molecular weight is 588 g/mol. The summed E-state index contributed by atoms with van der Waals surface area (Å²) < 4.78 is 18.2. The van der Waals surface area contributed by atoms with E-state index in [0.29, 0.717) is 23.3 Å². The fraction of sp³-hybridized carbons (Fsp3) is 0.414. The minimum atomic E-state index is -0.510. The van der Waals surface area contributed by atoms with Gasteiger partial charge >= 0.3 is 6.09 Å². The number of ether oxygens (including phenoxy) is 1. The number of alkyl carbamates (subject to hydrolysis) is 1. The molecule has 2 aromatic carbocycles. The van der Waals surface area contributed by atoms with Crippen molar-refractivity contribution < 1.29 is 18.7 Å². The number of halogens is 2. The molecule has 8 nitrogen and oxygen atoms in total. The summed E-state index contributed by atoms with van der Waals surface area (Å²) in [5, 5.41) is 7.05. The molecule has 1 aliphatic carbocycles. The second-order valence-corrected chi connectivity index (χ2v) is 11.0. The maximum Gasteiger partial charge on any atom is 0.407 e. The number of carbonyl (C=O) groups is 2. The summed E-state index contributed by atoms with van der Waals surface area (Å²) in [6.45, 7) is 4.09. The van der Waals surface area contributed by atoms with Crippen LogP contribution in [0.15, 0.2) is 48.5 Å². The van der Waals surface area contributed by atoms with Gasteiger partial charge in [0, 0.05) is 49.9 Å². The number of carbonyl (C=O) groups excluding carboxylic acids is 2. The monoisotopic (exact) mass is 587 g/mol. The van der Waals surface area contributed by atoms with Crippen LogP contribution in [-0.4, -0.2) is 61.2 Å². The molecule has 0 unspecified atom stereocenters. The molecule has 2 amide bonds. The lowest BCUT2D eigenvalue weighted by molar-refractivity contribution is 0.102. The Morgan fingerprint density at radius 1 is 1.00 bits per heavy atom. The smallest absolute Gasteiger partial charge is 0.407 e. The maximum absolute atomic E-state index is 13.7. The number of hydrogen-bond acceptors (Lipinski definition) is 7. The van der Waals surface area contributed by atoms with Crippen LogP contribution in [0.4, 0.5) is 19.3 Å². The van der Waals surface area contributed by atoms with E-state index in [1.165, 1.54) is 62.7 Å². The molecule has 5 rings (SSSR count). The molecule has 0 bridgehead atoms. The van der Waals surface area contributed by atoms with Crippen LogP contribution in [-0.2, 0) is 11.3 Å². The molecule has 1 saturated heterocycles. The number of nitrogens with zero attached hydrogens (tertiary/aromatic N) is 3. The van der Waals surface area contributed by atoms with Crippen LogP contribution in [0, 0.1) is 5.82 Å². The molecule has 40 heavy (non-hydrogen) atoms. The van der Waals surface area contributed by atoms with Crippen LogP contribution in [0.25, 0.3) is 11.3 Å². The zero-order chi connectivity index (χ0) is 27.2. The lowest BCUT2D eigenvalue weighted by Gasteiger charge is -2.41. The van der Waals surface area contributed by atoms with E-state index in [1.807, 2.05) is 0 Å². The van der Waals surface area contributed by atoms with Crippen molar-refractivity contribution in [2.24, 2.45) is 0 Å². The molecule has 3 aromatic rings. The first-order valence-electron chi connectivity index (χ1n) is 13.5. The lowest BCUT2D eigenvalue weighted by atomic mass is 9.94. The summed E-state index contributed by atoms with van der Waals surface area (Å²) in [4.78, 5) is 34.1. The Morgan fingerprint density at radius 3 is 2.33 bits per heavy atom. The minimum Gasteiger partial charge on any atom is -0.453 e. The van der Waals surface area contributed by atoms with Gasteiger partial charge in [0.05, 0.1) is 7.11 Å². The van der Waals surface area contributed by atoms with E-state index in [-0.39, 0.29) is 24.1 Å². The molecule has 2 heterocycles. The highest BCUT2D eigenvalue weighted by molar-refractivity contribution is 7.20. The number of benzene rings is 2. The van der Waals surface area contributed by atoms with E-state index in [2.05, 4.69) is 25.2 Å². The second-order valence-electron chi connectivity index (χ2n) is 9.99. The summed E-state index contributed by atoms with van der Waals surface area (Å²) >= 11 is 1.45. The Bertz CT molecular complexity index is 1270. The van der Waals surface area contributed by atoms with E-state index in [9.17, 15) is 14.0 Å². The highest BCUT2D eigenvalue weighted by atomic mass is 35.5. The summed E-state index contributed by atoms with van der Waals surface area (Å²) in [7, 11) is 1.31. The van der Waals surface area contributed by atoms with Crippen molar-refractivity contribution in [3.8, 4) is 11.3 Å². The average Bonchev–Trinajstić information content (AvgIpc) is 3.40. The van der Waals surface area contributed by atoms with Gasteiger partial charge in [-0.1, -0.05) is 42.7 Å². The highest BCUT2D eigenvalue weighted by Crippen LogP contribution is 2.39. The number of rotatable bonds is 7. The van der Waals surface area contributed by atoms with Crippen molar-refractivity contribution in [3.05, 3.63) is 65.5 Å². The molecule has 2 fully saturated rings. The van der Waals surface area contributed by atoms with Gasteiger partial charge in [-0.05, 0) is 54.8 Å². The maximum atomic E-state index is 13.7. The molecular weight excluding hydrogens is 553 g/mol. The van der Waals surface area contributed by atoms with Crippen LogP contribution >= 0.6 is 23.7 Å². The first kappa shape index (κ1) is 29.8. The van der Waals surface area contributed by atoms with Crippen molar-refractivity contribution in [2.45, 2.75) is 44.7 Å². The van der Waals surface area contributed by atoms with Crippen LogP contribution in [0.2, 0.25) is 0 Å². The van der Waals surface area contributed by atoms with Crippen LogP contribution < -0.4 is 15.5 Å². The molecule has 0 radical (unpaired) electrons. The van der Waals surface area contributed by atoms with Gasteiger partial charge in [0.1, 0.15) is 16.5 Å². The predicted octanol–water partition coefficient (Wildman–Crippen LogP) is 5.93. The molecule has 2 N–H and O–H groups in total. The number of methoxy groups -OCH3 is 1. The predicted molar refractivity (Wildman–Crippen MR) is 159 cm³/mol. The molecule has 0 spiro atoms. The van der Waals surface area contributed by atoms with E-state index in [0.717, 1.165) is 48.0 Å². The third-order valence-corrected chi connectivity index (χ3v) is 8.51. The summed E-state index contributed by atoms with van der Waals surface area (Å²) in [5.41, 5.74) is 2.91. The Hall–Kier alpha value is -3.21. The largest absolute Gasteiger partial charge is 0.453 e. The standard InChI is InChI=1S/C29H34FN5O3S.ClH/c1-38-29(37)31-19-20-7-9-22(10-8-20)26(36)33-28-32-25(21-11-13-23(30)14-12-21)27(39-28)35-17-15-34(16-18-35)24-5-3-2-4-6-24;/h7-14,24H,2-6,15-19H2,1H3,(H,31,37)(H,32,33,36);1H. The van der Waals surface area contributed by atoms with Gasteiger partial charge in [-0.3, -0.25) is 15.0 Å². The number of nitrogens with one attached hydrogen (secondary N) is 2. The number of hydrogen-bond donors (Lipinski definition) is 2. The fourth-order valence-electron chi connectivity index (χ4n) is 5.30. The van der Waals surface area contributed by atoms with Gasteiger partial charge in [0.25, 0.3) is 5.91 Å². The van der Waals surface area contributed by atoms with Crippen molar-refractivity contribution >= 4 is 45.9 Å². The summed E-state index contributed by atoms with van der Waals surface area (Å²) in [6.07, 6.45) is 6.07. The molecule has 2 aliphatic rings. The number of piperazine rings is 1. The molecule has 1 aromatic heterocycles. The zero-order valence-electron chi connectivity index (χ0n) is 22.5. The SMILES string of the molecule is COC(=O)NCc1ccc(C(=O)Nc2nc(-c3ccc(F)cc3)c(N3CCN(C4CCCCC4)CC3)s2)cc1.Cl. The Kier molecular flexibility index (Phi) is 10.4. The quantitative estimate of drug-likeness (QED) is 0.356. The molecular formula is C29H35ClFN5O3S. The van der Waals surface area contributed by atoms with E-state index in [4.69, 9.17) is 4.98 Å². The summed E-state index contributed by atoms with van der Waals surface area (Å²) in [6, 6.07) is 14.0. The number of aromatic nitrogens is 1. The van der Waals surface area contributed by atoms with Crippen LogP contribution in [0.3, 0.4) is 0 Å². The zero-order valence-corrected chi connectivity index (χ0v) is 24.2. The third-order valence-electron chi connectivity index (χ3n) is 7.48. The number of anilines is 2. The van der Waals surface area contributed by atoms with Gasteiger partial charge in [0.15, 0.2) is 5.13 Å². The third kappa shape index (κ3) is 7.30. The molecule has 214 valence electrons. The second kappa shape index (κ2) is 13.9. The van der Waals surface area contributed by atoms with Crippen molar-refractivity contribution in [2.75, 3.05) is 43.5 Å². The van der Waals surface area contributed by atoms with Crippen LogP contribution in [0.5, 0.6) is 0 Å². The van der Waals surface area contributed by atoms with Crippen molar-refractivity contribution in [1.29, 1.82) is 0 Å². The summed E-state index contributed by atoms with van der Waals surface area (Å²) in [5.74, 6) is -0.564. The Labute approximate surface area is 244 Å². The highest BCUT2D eigenvalue weighted by Gasteiger charge is 2.28. The minimum absolute atomic E-state index is 0. The van der Waals surface area contributed by atoms with E-state index >= 15 is 0 Å². The van der Waals surface area contributed by atoms with E-state index in [1.54, 1.807) is 36.4 Å². The molecule has 0 atom stereocenters. The number of thiazole rings is 1. The van der Waals surface area contributed by atoms with Gasteiger partial charge in [-0.25, -0.2) is 14.2 Å². The van der Waals surface area contributed by atoms with E-state index < -0.39 is 6.09 Å². The molecule has 1 aliphatic heterocycles. The first-order chi connectivity index (χ1) is 19.0. The molecule has 1 saturated carbocycles. The van der Waals surface area contributed by atoms with Gasteiger partial charge in [-0.15, -0.1) is 12.4 Å². The van der Waals surface area contributed by atoms with Crippen molar-refractivity contribution in [3.63, 3.8) is 0 Å². The van der Waals surface area contributed by atoms with Gasteiger partial charge < -0.3 is 15.0 Å². The van der Waals surface area contributed by atoms with Gasteiger partial charge in [0.2, 0.25) is 0 Å². The number of amides is 2.